The molecule has 0 atom stereocenters. The van der Waals surface area contributed by atoms with E-state index >= 15 is 0 Å². The number of carbonyl (C=O) groups excluding carboxylic acids is 1. The largest absolute Gasteiger partial charge is 0.497 e. The van der Waals surface area contributed by atoms with Crippen LogP contribution >= 0.6 is 0 Å². The average Bonchev–Trinajstić information content (AvgIpc) is 2.97. The maximum atomic E-state index is 11.7. The van der Waals surface area contributed by atoms with Gasteiger partial charge < -0.3 is 9.47 Å². The molecule has 0 saturated heterocycles. The minimum atomic E-state index is -0.412. The molecule has 0 aliphatic rings. The van der Waals surface area contributed by atoms with E-state index in [9.17, 15) is 4.79 Å². The lowest BCUT2D eigenvalue weighted by molar-refractivity contribution is 0.0591. The minimum absolute atomic E-state index is 0.400. The van der Waals surface area contributed by atoms with E-state index in [1.54, 1.807) is 17.7 Å². The summed E-state index contributed by atoms with van der Waals surface area (Å²) >= 11 is 0. The molecule has 0 aliphatic heterocycles. The summed E-state index contributed by atoms with van der Waals surface area (Å²) < 4.78 is 11.6. The Kier molecular flexibility index (Phi) is 3.31. The van der Waals surface area contributed by atoms with E-state index in [0.29, 0.717) is 5.69 Å². The molecule has 0 radical (unpaired) electrons. The fourth-order valence-corrected chi connectivity index (χ4v) is 2.18. The predicted octanol–water partition coefficient (Wildman–Crippen LogP) is 2.80. The van der Waals surface area contributed by atoms with Crippen LogP contribution in [-0.2, 0) is 4.74 Å². The zero-order valence-corrected chi connectivity index (χ0v) is 11.7. The molecule has 5 nitrogen and oxygen atoms in total. The lowest BCUT2D eigenvalue weighted by Crippen LogP contribution is -2.07. The summed E-state index contributed by atoms with van der Waals surface area (Å²) in [4.78, 5) is 11.7. The number of methoxy groups -OCH3 is 2. The summed E-state index contributed by atoms with van der Waals surface area (Å²) in [7, 11) is 2.98. The number of hydrogen-bond donors (Lipinski definition) is 0. The van der Waals surface area contributed by atoms with Crippen molar-refractivity contribution in [3.63, 3.8) is 0 Å². The highest BCUT2D eigenvalue weighted by molar-refractivity contribution is 5.89. The second-order valence-electron chi connectivity index (χ2n) is 4.50. The molecule has 21 heavy (non-hydrogen) atoms. The molecule has 5 heteroatoms. The molecular formula is C16H14N2O3. The predicted molar refractivity (Wildman–Crippen MR) is 78.5 cm³/mol. The summed E-state index contributed by atoms with van der Waals surface area (Å²) in [5, 5.41) is 4.51. The maximum absolute atomic E-state index is 11.7. The molecule has 0 N–H and O–H groups in total. The normalized spacial score (nSPS) is 10.6. The number of ether oxygens (including phenoxy) is 2. The van der Waals surface area contributed by atoms with Gasteiger partial charge >= 0.3 is 5.97 Å². The van der Waals surface area contributed by atoms with E-state index < -0.39 is 5.97 Å². The highest BCUT2D eigenvalue weighted by Crippen LogP contribution is 2.23. The van der Waals surface area contributed by atoms with Gasteiger partial charge in [-0.1, -0.05) is 12.1 Å². The number of carbonyl (C=O) groups is 1. The number of benzene rings is 1. The first kappa shape index (κ1) is 13.2. The second kappa shape index (κ2) is 5.28. The molecule has 106 valence electrons. The standard InChI is InChI=1S/C16H14N2O3/c1-20-13-5-3-4-11(10-13)14-8-6-12-7-9-15(16(19)21-2)18(12)17-14/h3-10H,1-2H3. The van der Waals surface area contributed by atoms with Crippen molar-refractivity contribution in [2.45, 2.75) is 0 Å². The molecular weight excluding hydrogens is 268 g/mol. The lowest BCUT2D eigenvalue weighted by Gasteiger charge is -2.06. The molecule has 0 unspecified atom stereocenters. The molecule has 2 aromatic heterocycles. The molecule has 2 heterocycles. The van der Waals surface area contributed by atoms with Crippen LogP contribution in [0.25, 0.3) is 16.8 Å². The van der Waals surface area contributed by atoms with Crippen LogP contribution in [0, 0.1) is 0 Å². The van der Waals surface area contributed by atoms with Crippen molar-refractivity contribution in [3.05, 3.63) is 54.2 Å². The Morgan fingerprint density at radius 1 is 1.10 bits per heavy atom. The monoisotopic (exact) mass is 282 g/mol. The topological polar surface area (TPSA) is 52.8 Å². The Balaban J connectivity index is 2.13. The number of aromatic nitrogens is 2. The lowest BCUT2D eigenvalue weighted by atomic mass is 10.1. The molecule has 0 saturated carbocycles. The highest BCUT2D eigenvalue weighted by atomic mass is 16.5. The number of nitrogens with zero attached hydrogens (tertiary/aromatic N) is 2. The Bertz CT molecular complexity index is 808. The van der Waals surface area contributed by atoms with Gasteiger partial charge in [0.25, 0.3) is 0 Å². The summed E-state index contributed by atoms with van der Waals surface area (Å²) in [5.74, 6) is 0.348. The van der Waals surface area contributed by atoms with Gasteiger partial charge in [-0.3, -0.25) is 0 Å². The molecule has 3 aromatic rings. The Morgan fingerprint density at radius 3 is 2.67 bits per heavy atom. The molecule has 0 amide bonds. The molecule has 3 rings (SSSR count). The quantitative estimate of drug-likeness (QED) is 0.693. The van der Waals surface area contributed by atoms with Crippen LogP contribution in [0.4, 0.5) is 0 Å². The average molecular weight is 282 g/mol. The number of esters is 1. The molecule has 1 aromatic carbocycles. The SMILES string of the molecule is COC(=O)c1ccc2ccc(-c3cccc(OC)c3)nn12. The maximum Gasteiger partial charge on any atom is 0.356 e. The van der Waals surface area contributed by atoms with Crippen LogP contribution in [0.15, 0.2) is 48.5 Å². The molecule has 0 aliphatic carbocycles. The third kappa shape index (κ3) is 2.33. The zero-order valence-electron chi connectivity index (χ0n) is 11.7. The van der Waals surface area contributed by atoms with Gasteiger partial charge in [0.2, 0.25) is 0 Å². The fraction of sp³-hybridized carbons (Fsp3) is 0.125. The van der Waals surface area contributed by atoms with Gasteiger partial charge in [-0.2, -0.15) is 5.10 Å². The smallest absolute Gasteiger partial charge is 0.356 e. The molecule has 0 bridgehead atoms. The van der Waals surface area contributed by atoms with Crippen molar-refractivity contribution < 1.29 is 14.3 Å². The third-order valence-electron chi connectivity index (χ3n) is 3.26. The minimum Gasteiger partial charge on any atom is -0.497 e. The summed E-state index contributed by atoms with van der Waals surface area (Å²) in [6, 6.07) is 15.0. The van der Waals surface area contributed by atoms with Crippen LogP contribution in [0.3, 0.4) is 0 Å². The van der Waals surface area contributed by atoms with Crippen molar-refractivity contribution >= 4 is 11.5 Å². The van der Waals surface area contributed by atoms with E-state index in [1.807, 2.05) is 42.5 Å². The second-order valence-corrected chi connectivity index (χ2v) is 4.50. The van der Waals surface area contributed by atoms with E-state index in [2.05, 4.69) is 5.10 Å². The Hall–Kier alpha value is -2.82. The van der Waals surface area contributed by atoms with Crippen LogP contribution in [0.5, 0.6) is 5.75 Å². The van der Waals surface area contributed by atoms with Crippen LogP contribution in [-0.4, -0.2) is 29.8 Å². The van der Waals surface area contributed by atoms with Gasteiger partial charge in [0.1, 0.15) is 5.75 Å². The van der Waals surface area contributed by atoms with Crippen molar-refractivity contribution in [2.24, 2.45) is 0 Å². The van der Waals surface area contributed by atoms with E-state index in [-0.39, 0.29) is 0 Å². The number of rotatable bonds is 3. The van der Waals surface area contributed by atoms with E-state index in [1.165, 1.54) is 7.11 Å². The fourth-order valence-electron chi connectivity index (χ4n) is 2.18. The molecule has 0 fully saturated rings. The van der Waals surface area contributed by atoms with Crippen molar-refractivity contribution in [1.82, 2.24) is 9.61 Å². The van der Waals surface area contributed by atoms with Gasteiger partial charge in [-0.15, -0.1) is 0 Å². The van der Waals surface area contributed by atoms with E-state index in [4.69, 9.17) is 9.47 Å². The first-order chi connectivity index (χ1) is 10.2. The van der Waals surface area contributed by atoms with Crippen molar-refractivity contribution in [1.29, 1.82) is 0 Å². The summed E-state index contributed by atoms with van der Waals surface area (Å²) in [6.07, 6.45) is 0. The number of hydrogen-bond acceptors (Lipinski definition) is 4. The third-order valence-corrected chi connectivity index (χ3v) is 3.26. The van der Waals surface area contributed by atoms with Gasteiger partial charge in [0, 0.05) is 5.56 Å². The van der Waals surface area contributed by atoms with Crippen LogP contribution in [0.1, 0.15) is 10.5 Å². The van der Waals surface area contributed by atoms with Gasteiger partial charge in [0.05, 0.1) is 25.4 Å². The van der Waals surface area contributed by atoms with Crippen molar-refractivity contribution in [2.75, 3.05) is 14.2 Å². The van der Waals surface area contributed by atoms with Gasteiger partial charge in [0.15, 0.2) is 5.69 Å². The molecule has 0 spiro atoms. The zero-order chi connectivity index (χ0) is 14.8. The first-order valence-electron chi connectivity index (χ1n) is 6.44. The summed E-state index contributed by atoms with van der Waals surface area (Å²) in [5.41, 5.74) is 2.91. The Labute approximate surface area is 121 Å². The summed E-state index contributed by atoms with van der Waals surface area (Å²) in [6.45, 7) is 0. The van der Waals surface area contributed by atoms with Crippen LogP contribution in [0.2, 0.25) is 0 Å². The van der Waals surface area contributed by atoms with Crippen molar-refractivity contribution in [3.8, 4) is 17.0 Å². The van der Waals surface area contributed by atoms with Crippen LogP contribution < -0.4 is 4.74 Å². The highest BCUT2D eigenvalue weighted by Gasteiger charge is 2.13. The first-order valence-corrected chi connectivity index (χ1v) is 6.44. The van der Waals surface area contributed by atoms with E-state index in [0.717, 1.165) is 22.5 Å². The van der Waals surface area contributed by atoms with Gasteiger partial charge in [-0.05, 0) is 36.4 Å². The Morgan fingerprint density at radius 2 is 1.90 bits per heavy atom. The van der Waals surface area contributed by atoms with Gasteiger partial charge in [-0.25, -0.2) is 9.31 Å². The number of fused-ring (bicyclic) bond motifs is 1.